The summed E-state index contributed by atoms with van der Waals surface area (Å²) in [5, 5.41) is 11.0. The SMILES string of the molecule is CC(C)CC(=O)[C@@H](O)Cc1c[nH]c2ccccc12. The van der Waals surface area contributed by atoms with Crippen LogP contribution in [-0.4, -0.2) is 22.0 Å². The molecule has 0 bridgehead atoms. The lowest BCUT2D eigenvalue weighted by Gasteiger charge is -2.10. The number of hydrogen-bond donors (Lipinski definition) is 2. The van der Waals surface area contributed by atoms with Gasteiger partial charge in [-0.25, -0.2) is 0 Å². The minimum atomic E-state index is -0.897. The summed E-state index contributed by atoms with van der Waals surface area (Å²) in [5.74, 6) is 0.213. The second-order valence-corrected chi connectivity index (χ2v) is 5.14. The Bertz CT molecular complexity index is 542. The zero-order valence-corrected chi connectivity index (χ0v) is 10.8. The number of rotatable bonds is 5. The summed E-state index contributed by atoms with van der Waals surface area (Å²) in [6, 6.07) is 7.91. The van der Waals surface area contributed by atoms with Crippen LogP contribution < -0.4 is 0 Å². The van der Waals surface area contributed by atoms with Gasteiger partial charge < -0.3 is 10.1 Å². The zero-order chi connectivity index (χ0) is 13.1. The Labute approximate surface area is 107 Å². The van der Waals surface area contributed by atoms with Gasteiger partial charge in [-0.15, -0.1) is 0 Å². The van der Waals surface area contributed by atoms with Gasteiger partial charge in [0.15, 0.2) is 5.78 Å². The molecule has 3 heteroatoms. The first-order chi connectivity index (χ1) is 8.58. The number of aromatic amines is 1. The van der Waals surface area contributed by atoms with Gasteiger partial charge >= 0.3 is 0 Å². The van der Waals surface area contributed by atoms with Crippen LogP contribution >= 0.6 is 0 Å². The van der Waals surface area contributed by atoms with E-state index in [1.807, 2.05) is 44.3 Å². The van der Waals surface area contributed by atoms with Crippen molar-refractivity contribution in [2.45, 2.75) is 32.8 Å². The molecule has 0 fully saturated rings. The second-order valence-electron chi connectivity index (χ2n) is 5.14. The topological polar surface area (TPSA) is 53.1 Å². The van der Waals surface area contributed by atoms with Gasteiger partial charge in [0.1, 0.15) is 6.10 Å². The third kappa shape index (κ3) is 2.79. The molecule has 0 aliphatic carbocycles. The van der Waals surface area contributed by atoms with Gasteiger partial charge in [-0.05, 0) is 17.5 Å². The molecule has 0 spiro atoms. The number of aliphatic hydroxyl groups is 1. The quantitative estimate of drug-likeness (QED) is 0.851. The molecule has 0 radical (unpaired) electrons. The summed E-state index contributed by atoms with van der Waals surface area (Å²) in [6.07, 6.45) is 1.79. The highest BCUT2D eigenvalue weighted by Gasteiger charge is 2.18. The van der Waals surface area contributed by atoms with Gasteiger partial charge in [0.05, 0.1) is 0 Å². The monoisotopic (exact) mass is 245 g/mol. The minimum absolute atomic E-state index is 0.0738. The smallest absolute Gasteiger partial charge is 0.161 e. The molecule has 0 amide bonds. The number of aliphatic hydroxyl groups excluding tert-OH is 1. The predicted octanol–water partition coefficient (Wildman–Crippen LogP) is 2.69. The van der Waals surface area contributed by atoms with Crippen molar-refractivity contribution >= 4 is 16.7 Å². The average Bonchev–Trinajstić information content (AvgIpc) is 2.72. The fourth-order valence-electron chi connectivity index (χ4n) is 2.16. The average molecular weight is 245 g/mol. The molecule has 1 aromatic carbocycles. The van der Waals surface area contributed by atoms with Crippen LogP contribution in [0.25, 0.3) is 10.9 Å². The zero-order valence-electron chi connectivity index (χ0n) is 10.8. The number of H-pyrrole nitrogens is 1. The van der Waals surface area contributed by atoms with Gasteiger partial charge in [-0.2, -0.15) is 0 Å². The van der Waals surface area contributed by atoms with Crippen LogP contribution in [0.5, 0.6) is 0 Å². The van der Waals surface area contributed by atoms with Gasteiger partial charge in [0, 0.05) is 29.9 Å². The third-order valence-corrected chi connectivity index (χ3v) is 3.07. The van der Waals surface area contributed by atoms with E-state index in [1.54, 1.807) is 0 Å². The lowest BCUT2D eigenvalue weighted by atomic mass is 9.98. The number of carbonyl (C=O) groups is 1. The fraction of sp³-hybridized carbons (Fsp3) is 0.400. The highest BCUT2D eigenvalue weighted by Crippen LogP contribution is 2.19. The van der Waals surface area contributed by atoms with Crippen LogP contribution in [0.2, 0.25) is 0 Å². The number of Topliss-reactive ketones (excluding diaryl/α,β-unsaturated/α-hetero) is 1. The molecular weight excluding hydrogens is 226 g/mol. The van der Waals surface area contributed by atoms with Gasteiger partial charge in [0.2, 0.25) is 0 Å². The molecule has 3 nitrogen and oxygen atoms in total. The van der Waals surface area contributed by atoms with E-state index in [0.29, 0.717) is 12.8 Å². The number of para-hydroxylation sites is 1. The van der Waals surface area contributed by atoms with E-state index >= 15 is 0 Å². The lowest BCUT2D eigenvalue weighted by molar-refractivity contribution is -0.127. The van der Waals surface area contributed by atoms with Crippen molar-refractivity contribution in [1.82, 2.24) is 4.98 Å². The Morgan fingerprint density at radius 3 is 2.78 bits per heavy atom. The maximum absolute atomic E-state index is 11.8. The molecule has 0 saturated carbocycles. The maximum atomic E-state index is 11.8. The van der Waals surface area contributed by atoms with Gasteiger partial charge in [-0.3, -0.25) is 4.79 Å². The number of hydrogen-bond acceptors (Lipinski definition) is 2. The van der Waals surface area contributed by atoms with Crippen molar-refractivity contribution in [2.24, 2.45) is 5.92 Å². The molecule has 0 saturated heterocycles. The Morgan fingerprint density at radius 2 is 2.06 bits per heavy atom. The molecule has 0 aliphatic heterocycles. The van der Waals surface area contributed by atoms with Crippen LogP contribution in [0.3, 0.4) is 0 Å². The first-order valence-corrected chi connectivity index (χ1v) is 6.33. The van der Waals surface area contributed by atoms with E-state index in [4.69, 9.17) is 0 Å². The number of aromatic nitrogens is 1. The standard InChI is InChI=1S/C15H19NO2/c1-10(2)7-14(17)15(18)8-11-9-16-13-6-4-3-5-12(11)13/h3-6,9-10,15-16,18H,7-8H2,1-2H3/t15-/m0/s1. The van der Waals surface area contributed by atoms with Crippen LogP contribution in [-0.2, 0) is 11.2 Å². The fourth-order valence-corrected chi connectivity index (χ4v) is 2.16. The Morgan fingerprint density at radius 1 is 1.33 bits per heavy atom. The predicted molar refractivity (Wildman–Crippen MR) is 72.5 cm³/mol. The number of fused-ring (bicyclic) bond motifs is 1. The highest BCUT2D eigenvalue weighted by molar-refractivity contribution is 5.86. The normalized spacial score (nSPS) is 13.1. The minimum Gasteiger partial charge on any atom is -0.385 e. The highest BCUT2D eigenvalue weighted by atomic mass is 16.3. The first-order valence-electron chi connectivity index (χ1n) is 6.33. The van der Waals surface area contributed by atoms with Crippen molar-refractivity contribution < 1.29 is 9.90 Å². The second kappa shape index (κ2) is 5.36. The van der Waals surface area contributed by atoms with Crippen LogP contribution in [0.4, 0.5) is 0 Å². The molecule has 0 unspecified atom stereocenters. The van der Waals surface area contributed by atoms with Crippen LogP contribution in [0.1, 0.15) is 25.8 Å². The Kier molecular flexibility index (Phi) is 3.82. The van der Waals surface area contributed by atoms with Crippen molar-refractivity contribution in [3.63, 3.8) is 0 Å². The van der Waals surface area contributed by atoms with Crippen molar-refractivity contribution in [1.29, 1.82) is 0 Å². The molecule has 1 heterocycles. The molecular formula is C15H19NO2. The maximum Gasteiger partial charge on any atom is 0.161 e. The van der Waals surface area contributed by atoms with E-state index in [9.17, 15) is 9.90 Å². The lowest BCUT2D eigenvalue weighted by Crippen LogP contribution is -2.24. The molecule has 1 aromatic heterocycles. The van der Waals surface area contributed by atoms with E-state index < -0.39 is 6.10 Å². The summed E-state index contributed by atoms with van der Waals surface area (Å²) in [4.78, 5) is 14.9. The summed E-state index contributed by atoms with van der Waals surface area (Å²) in [7, 11) is 0. The van der Waals surface area contributed by atoms with Crippen molar-refractivity contribution in [2.75, 3.05) is 0 Å². The molecule has 96 valence electrons. The van der Waals surface area contributed by atoms with E-state index in [2.05, 4.69) is 4.98 Å². The molecule has 2 rings (SSSR count). The third-order valence-electron chi connectivity index (χ3n) is 3.07. The summed E-state index contributed by atoms with van der Waals surface area (Å²) >= 11 is 0. The summed E-state index contributed by atoms with van der Waals surface area (Å²) in [6.45, 7) is 3.96. The molecule has 1 atom stereocenters. The molecule has 2 aromatic rings. The van der Waals surface area contributed by atoms with E-state index in [1.165, 1.54) is 0 Å². The molecule has 0 aliphatic rings. The molecule has 18 heavy (non-hydrogen) atoms. The van der Waals surface area contributed by atoms with Gasteiger partial charge in [-0.1, -0.05) is 32.0 Å². The Balaban J connectivity index is 2.11. The summed E-state index contributed by atoms with van der Waals surface area (Å²) < 4.78 is 0. The first kappa shape index (κ1) is 12.8. The number of carbonyl (C=O) groups excluding carboxylic acids is 1. The van der Waals surface area contributed by atoms with E-state index in [0.717, 1.165) is 16.5 Å². The largest absolute Gasteiger partial charge is 0.385 e. The number of benzene rings is 1. The number of nitrogens with one attached hydrogen (secondary N) is 1. The number of ketones is 1. The van der Waals surface area contributed by atoms with E-state index in [-0.39, 0.29) is 11.7 Å². The Hall–Kier alpha value is -1.61. The van der Waals surface area contributed by atoms with Crippen LogP contribution in [0, 0.1) is 5.92 Å². The van der Waals surface area contributed by atoms with Crippen molar-refractivity contribution in [3.8, 4) is 0 Å². The van der Waals surface area contributed by atoms with Crippen LogP contribution in [0.15, 0.2) is 30.5 Å². The summed E-state index contributed by atoms with van der Waals surface area (Å²) in [5.41, 5.74) is 2.03. The van der Waals surface area contributed by atoms with Gasteiger partial charge in [0.25, 0.3) is 0 Å². The van der Waals surface area contributed by atoms with Crippen molar-refractivity contribution in [3.05, 3.63) is 36.0 Å². The molecule has 2 N–H and O–H groups in total.